The van der Waals surface area contributed by atoms with Gasteiger partial charge in [0.1, 0.15) is 16.7 Å². The summed E-state index contributed by atoms with van der Waals surface area (Å²) in [4.78, 5) is 12.5. The molecule has 5 heteroatoms. The molecule has 0 spiro atoms. The Morgan fingerprint density at radius 1 is 1.38 bits per heavy atom. The number of nitrogens with one attached hydrogen (secondary N) is 1. The maximum absolute atomic E-state index is 12.5. The number of carbonyl (C=O) groups is 1. The zero-order valence-electron chi connectivity index (χ0n) is 12.5. The summed E-state index contributed by atoms with van der Waals surface area (Å²) in [5, 5.41) is 2.96. The minimum atomic E-state index is -0.966. The van der Waals surface area contributed by atoms with Gasteiger partial charge in [0, 0.05) is 5.92 Å². The molecule has 0 aliphatic heterocycles. The maximum atomic E-state index is 12.5. The number of halogens is 2. The summed E-state index contributed by atoms with van der Waals surface area (Å²) in [7, 11) is 0. The van der Waals surface area contributed by atoms with Gasteiger partial charge in [0.2, 0.25) is 5.91 Å². The van der Waals surface area contributed by atoms with Crippen molar-refractivity contribution in [2.45, 2.75) is 37.6 Å². The summed E-state index contributed by atoms with van der Waals surface area (Å²) in [5.74, 6) is 0.653. The molecule has 21 heavy (non-hydrogen) atoms. The predicted octanol–water partition coefficient (Wildman–Crippen LogP) is 3.79. The van der Waals surface area contributed by atoms with Crippen LogP contribution in [0.2, 0.25) is 0 Å². The molecule has 0 unspecified atom stereocenters. The van der Waals surface area contributed by atoms with Crippen LogP contribution in [-0.4, -0.2) is 22.9 Å². The Kier molecular flexibility index (Phi) is 4.74. The molecule has 1 aromatic carbocycles. The molecule has 1 aliphatic carbocycles. The van der Waals surface area contributed by atoms with Crippen molar-refractivity contribution in [2.75, 3.05) is 6.61 Å². The fraction of sp³-hybridized carbons (Fsp3) is 0.562. The van der Waals surface area contributed by atoms with Gasteiger partial charge in [-0.15, -0.1) is 23.2 Å². The van der Waals surface area contributed by atoms with Gasteiger partial charge in [0.05, 0.1) is 11.5 Å². The van der Waals surface area contributed by atoms with Gasteiger partial charge >= 0.3 is 0 Å². The Morgan fingerprint density at radius 3 is 2.43 bits per heavy atom. The van der Waals surface area contributed by atoms with Crippen LogP contribution in [0.25, 0.3) is 0 Å². The first kappa shape index (κ1) is 16.4. The fourth-order valence-corrected chi connectivity index (χ4v) is 3.85. The number of hydrogen-bond donors (Lipinski definition) is 1. The molecule has 116 valence electrons. The molecule has 0 saturated heterocycles. The summed E-state index contributed by atoms with van der Waals surface area (Å²) in [6.07, 6.45) is 0.624. The van der Waals surface area contributed by atoms with E-state index >= 15 is 0 Å². The average Bonchev–Trinajstić information content (AvgIpc) is 2.91. The van der Waals surface area contributed by atoms with Crippen molar-refractivity contribution in [3.63, 3.8) is 0 Å². The van der Waals surface area contributed by atoms with Gasteiger partial charge in [0.25, 0.3) is 0 Å². The van der Waals surface area contributed by atoms with E-state index in [1.807, 2.05) is 51.1 Å². The summed E-state index contributed by atoms with van der Waals surface area (Å²) in [5.41, 5.74) is -0.683. The Hall–Kier alpha value is -0.930. The van der Waals surface area contributed by atoms with Crippen LogP contribution in [0.15, 0.2) is 30.3 Å². The number of rotatable bonds is 6. The highest BCUT2D eigenvalue weighted by atomic mass is 35.5. The average molecular weight is 330 g/mol. The molecule has 0 bridgehead atoms. The van der Waals surface area contributed by atoms with Crippen LogP contribution in [0.5, 0.6) is 5.75 Å². The topological polar surface area (TPSA) is 38.3 Å². The van der Waals surface area contributed by atoms with Gasteiger partial charge in [-0.2, -0.15) is 0 Å². The molecular weight excluding hydrogens is 309 g/mol. The molecular formula is C16H21Cl2NO2. The summed E-state index contributed by atoms with van der Waals surface area (Å²) in [6.45, 7) is 6.16. The zero-order chi connectivity index (χ0) is 15.7. The van der Waals surface area contributed by atoms with Crippen molar-refractivity contribution in [1.82, 2.24) is 5.32 Å². The predicted molar refractivity (Wildman–Crippen MR) is 85.9 cm³/mol. The molecule has 1 fully saturated rings. The zero-order valence-corrected chi connectivity index (χ0v) is 14.0. The Balaban J connectivity index is 1.88. The second-order valence-corrected chi connectivity index (χ2v) is 7.05. The number of alkyl halides is 2. The maximum Gasteiger partial charge on any atom is 0.229 e. The molecule has 1 amide bonds. The van der Waals surface area contributed by atoms with Gasteiger partial charge in [-0.05, 0) is 25.5 Å². The van der Waals surface area contributed by atoms with E-state index in [1.54, 1.807) is 0 Å². The van der Waals surface area contributed by atoms with Crippen LogP contribution in [-0.2, 0) is 4.79 Å². The minimum absolute atomic E-state index is 0.0411. The number of para-hydroxylation sites is 1. The molecule has 2 rings (SSSR count). The van der Waals surface area contributed by atoms with Crippen molar-refractivity contribution < 1.29 is 9.53 Å². The molecule has 1 N–H and O–H groups in total. The number of ether oxygens (including phenoxy) is 1. The van der Waals surface area contributed by atoms with Crippen LogP contribution in [0.1, 0.15) is 27.2 Å². The lowest BCUT2D eigenvalue weighted by Gasteiger charge is -2.20. The Bertz CT molecular complexity index is 506. The second kappa shape index (κ2) is 6.05. The standard InChI is InChI=1S/C16H21Cl2NO2/c1-4-15(12(3)16(15,17)18)14(20)19-11(2)10-21-13-8-6-5-7-9-13/h5-9,11-12H,4,10H2,1-3H3,(H,19,20)/t11-,12+,15+/m1/s1. The summed E-state index contributed by atoms with van der Waals surface area (Å²) < 4.78 is 4.67. The normalized spacial score (nSPS) is 27.8. The third-order valence-electron chi connectivity index (χ3n) is 4.38. The molecule has 0 heterocycles. The lowest BCUT2D eigenvalue weighted by atomic mass is 9.99. The fourth-order valence-electron chi connectivity index (χ4n) is 2.82. The largest absolute Gasteiger partial charge is 0.491 e. The van der Waals surface area contributed by atoms with Gasteiger partial charge < -0.3 is 10.1 Å². The van der Waals surface area contributed by atoms with E-state index in [0.717, 1.165) is 5.75 Å². The smallest absolute Gasteiger partial charge is 0.229 e. The molecule has 0 aromatic heterocycles. The van der Waals surface area contributed by atoms with E-state index < -0.39 is 9.75 Å². The number of carbonyl (C=O) groups excluding carboxylic acids is 1. The Labute approximate surface area is 136 Å². The van der Waals surface area contributed by atoms with E-state index in [0.29, 0.717) is 13.0 Å². The lowest BCUT2D eigenvalue weighted by molar-refractivity contribution is -0.127. The highest BCUT2D eigenvalue weighted by molar-refractivity contribution is 6.53. The van der Waals surface area contributed by atoms with Crippen molar-refractivity contribution in [3.05, 3.63) is 30.3 Å². The number of benzene rings is 1. The van der Waals surface area contributed by atoms with Crippen molar-refractivity contribution >= 4 is 29.1 Å². The summed E-state index contributed by atoms with van der Waals surface area (Å²) in [6, 6.07) is 9.40. The monoisotopic (exact) mass is 329 g/mol. The SMILES string of the molecule is CC[C@@]1(C(=O)N[C@H](C)COc2ccccc2)[C@H](C)C1(Cl)Cl. The van der Waals surface area contributed by atoms with E-state index in [9.17, 15) is 4.79 Å². The van der Waals surface area contributed by atoms with Gasteiger partial charge in [-0.3, -0.25) is 4.79 Å². The van der Waals surface area contributed by atoms with Gasteiger partial charge in [-0.1, -0.05) is 32.0 Å². The molecule has 3 nitrogen and oxygen atoms in total. The molecule has 3 atom stereocenters. The highest BCUT2D eigenvalue weighted by Gasteiger charge is 2.76. The third kappa shape index (κ3) is 2.86. The first-order valence-electron chi connectivity index (χ1n) is 7.23. The van der Waals surface area contributed by atoms with Crippen molar-refractivity contribution in [2.24, 2.45) is 11.3 Å². The van der Waals surface area contributed by atoms with Gasteiger partial charge in [-0.25, -0.2) is 0 Å². The van der Waals surface area contributed by atoms with Crippen LogP contribution < -0.4 is 10.1 Å². The van der Waals surface area contributed by atoms with Crippen LogP contribution in [0.4, 0.5) is 0 Å². The van der Waals surface area contributed by atoms with E-state index in [4.69, 9.17) is 27.9 Å². The first-order valence-corrected chi connectivity index (χ1v) is 7.98. The summed E-state index contributed by atoms with van der Waals surface area (Å²) >= 11 is 12.5. The van der Waals surface area contributed by atoms with Crippen molar-refractivity contribution in [3.8, 4) is 5.75 Å². The minimum Gasteiger partial charge on any atom is -0.491 e. The third-order valence-corrected chi connectivity index (χ3v) is 5.71. The van der Waals surface area contributed by atoms with E-state index in [-0.39, 0.29) is 17.9 Å². The molecule has 1 aromatic rings. The van der Waals surface area contributed by atoms with E-state index in [2.05, 4.69) is 5.32 Å². The number of amides is 1. The van der Waals surface area contributed by atoms with E-state index in [1.165, 1.54) is 0 Å². The lowest BCUT2D eigenvalue weighted by Crippen LogP contribution is -2.43. The molecule has 1 aliphatic rings. The van der Waals surface area contributed by atoms with Crippen LogP contribution in [0.3, 0.4) is 0 Å². The Morgan fingerprint density at radius 2 is 1.95 bits per heavy atom. The van der Waals surface area contributed by atoms with Crippen molar-refractivity contribution in [1.29, 1.82) is 0 Å². The molecule has 0 radical (unpaired) electrons. The number of hydrogen-bond acceptors (Lipinski definition) is 2. The van der Waals surface area contributed by atoms with Gasteiger partial charge in [0.15, 0.2) is 0 Å². The first-order chi connectivity index (χ1) is 9.86. The molecule has 1 saturated carbocycles. The van der Waals surface area contributed by atoms with Crippen LogP contribution in [0, 0.1) is 11.3 Å². The highest BCUT2D eigenvalue weighted by Crippen LogP contribution is 2.70. The van der Waals surface area contributed by atoms with Crippen LogP contribution >= 0.6 is 23.2 Å². The second-order valence-electron chi connectivity index (χ2n) is 5.67. The quantitative estimate of drug-likeness (QED) is 0.806.